The van der Waals surface area contributed by atoms with E-state index in [-0.39, 0.29) is 5.75 Å². The lowest BCUT2D eigenvalue weighted by Gasteiger charge is -2.04. The molecule has 76 valence electrons. The van der Waals surface area contributed by atoms with Crippen LogP contribution in [0.2, 0.25) is 0 Å². The Morgan fingerprint density at radius 3 is 2.80 bits per heavy atom. The van der Waals surface area contributed by atoms with Crippen molar-refractivity contribution in [3.63, 3.8) is 0 Å². The maximum atomic E-state index is 9.64. The van der Waals surface area contributed by atoms with Gasteiger partial charge >= 0.3 is 0 Å². The van der Waals surface area contributed by atoms with Gasteiger partial charge in [-0.3, -0.25) is 0 Å². The van der Waals surface area contributed by atoms with Crippen LogP contribution in [0.4, 0.5) is 0 Å². The normalized spacial score (nSPS) is 9.93. The van der Waals surface area contributed by atoms with E-state index >= 15 is 0 Å². The number of nitrogens with zero attached hydrogens (tertiary/aromatic N) is 2. The van der Waals surface area contributed by atoms with Crippen molar-refractivity contribution in [3.8, 4) is 22.8 Å². The second kappa shape index (κ2) is 3.96. The average molecular weight is 202 g/mol. The Morgan fingerprint density at radius 2 is 2.07 bits per heavy atom. The third-order valence-electron chi connectivity index (χ3n) is 2.06. The van der Waals surface area contributed by atoms with Crippen LogP contribution in [0.15, 0.2) is 36.5 Å². The Labute approximate surface area is 87.2 Å². The van der Waals surface area contributed by atoms with Crippen molar-refractivity contribution in [2.75, 3.05) is 7.11 Å². The molecule has 0 aliphatic heterocycles. The van der Waals surface area contributed by atoms with Crippen LogP contribution in [0, 0.1) is 0 Å². The van der Waals surface area contributed by atoms with Gasteiger partial charge in [0.15, 0.2) is 0 Å². The molecule has 2 aromatic rings. The van der Waals surface area contributed by atoms with Gasteiger partial charge in [-0.2, -0.15) is 5.10 Å². The molecule has 0 unspecified atom stereocenters. The number of aromatic hydroxyl groups is 1. The number of aromatic nitrogens is 2. The minimum atomic E-state index is 0.215. The maximum absolute atomic E-state index is 9.64. The fourth-order valence-electron chi connectivity index (χ4n) is 1.31. The molecule has 1 aromatic heterocycles. The summed E-state index contributed by atoms with van der Waals surface area (Å²) in [5.41, 5.74) is 1.49. The van der Waals surface area contributed by atoms with Crippen molar-refractivity contribution in [2.24, 2.45) is 0 Å². The molecule has 0 spiro atoms. The molecule has 0 aliphatic carbocycles. The molecule has 0 atom stereocenters. The van der Waals surface area contributed by atoms with Crippen LogP contribution in [0.5, 0.6) is 11.6 Å². The molecule has 0 aliphatic rings. The van der Waals surface area contributed by atoms with Crippen molar-refractivity contribution in [3.05, 3.63) is 36.5 Å². The van der Waals surface area contributed by atoms with Crippen LogP contribution >= 0.6 is 0 Å². The van der Waals surface area contributed by atoms with Crippen molar-refractivity contribution in [1.82, 2.24) is 10.2 Å². The lowest BCUT2D eigenvalue weighted by atomic mass is 10.1. The van der Waals surface area contributed by atoms with Gasteiger partial charge in [-0.15, -0.1) is 5.10 Å². The monoisotopic (exact) mass is 202 g/mol. The number of benzene rings is 1. The summed E-state index contributed by atoms with van der Waals surface area (Å²) in [6.45, 7) is 0. The van der Waals surface area contributed by atoms with Crippen LogP contribution < -0.4 is 4.74 Å². The molecule has 1 aromatic carbocycles. The number of phenolic OH excluding ortho intramolecular Hbond substituents is 1. The molecule has 0 fully saturated rings. The van der Waals surface area contributed by atoms with Crippen LogP contribution in [-0.4, -0.2) is 22.4 Å². The first-order chi connectivity index (χ1) is 7.31. The predicted molar refractivity (Wildman–Crippen MR) is 55.7 cm³/mol. The van der Waals surface area contributed by atoms with Gasteiger partial charge in [0.2, 0.25) is 5.88 Å². The lowest BCUT2D eigenvalue weighted by Crippen LogP contribution is -1.90. The molecular weight excluding hydrogens is 192 g/mol. The molecule has 0 amide bonds. The highest BCUT2D eigenvalue weighted by molar-refractivity contribution is 5.69. The van der Waals surface area contributed by atoms with E-state index in [1.54, 1.807) is 24.4 Å². The summed E-state index contributed by atoms with van der Waals surface area (Å²) >= 11 is 0. The van der Waals surface area contributed by atoms with Crippen molar-refractivity contribution < 1.29 is 9.84 Å². The van der Waals surface area contributed by atoms with Gasteiger partial charge < -0.3 is 9.84 Å². The first kappa shape index (κ1) is 9.45. The van der Waals surface area contributed by atoms with E-state index in [4.69, 9.17) is 4.74 Å². The first-order valence-corrected chi connectivity index (χ1v) is 4.46. The standard InChI is InChI=1S/C11H10N2O2/c1-15-11-6-8(7-12-13-11)9-4-2-3-5-10(9)14/h2-7,14H,1H3. The Balaban J connectivity index is 2.49. The molecule has 4 nitrogen and oxygen atoms in total. The van der Waals surface area contributed by atoms with Gasteiger partial charge in [-0.1, -0.05) is 18.2 Å². The van der Waals surface area contributed by atoms with Gasteiger partial charge in [0.25, 0.3) is 0 Å². The number of para-hydroxylation sites is 1. The van der Waals surface area contributed by atoms with Crippen LogP contribution in [0.25, 0.3) is 11.1 Å². The van der Waals surface area contributed by atoms with Gasteiger partial charge in [0.1, 0.15) is 5.75 Å². The van der Waals surface area contributed by atoms with Crippen molar-refractivity contribution in [2.45, 2.75) is 0 Å². The summed E-state index contributed by atoms with van der Waals surface area (Å²) in [7, 11) is 1.53. The van der Waals surface area contributed by atoms with Crippen LogP contribution in [-0.2, 0) is 0 Å². The zero-order valence-corrected chi connectivity index (χ0v) is 8.21. The van der Waals surface area contributed by atoms with Crippen molar-refractivity contribution in [1.29, 1.82) is 0 Å². The highest BCUT2D eigenvalue weighted by atomic mass is 16.5. The molecule has 4 heteroatoms. The van der Waals surface area contributed by atoms with E-state index in [1.807, 2.05) is 12.1 Å². The summed E-state index contributed by atoms with van der Waals surface area (Å²) in [6.07, 6.45) is 1.58. The van der Waals surface area contributed by atoms with E-state index < -0.39 is 0 Å². The Hall–Kier alpha value is -2.10. The fourth-order valence-corrected chi connectivity index (χ4v) is 1.31. The summed E-state index contributed by atoms with van der Waals surface area (Å²) in [6, 6.07) is 8.78. The van der Waals surface area contributed by atoms with E-state index in [0.29, 0.717) is 11.4 Å². The molecule has 2 rings (SSSR count). The number of hydrogen-bond donors (Lipinski definition) is 1. The SMILES string of the molecule is COc1cc(-c2ccccc2O)cnn1. The maximum Gasteiger partial charge on any atom is 0.233 e. The van der Waals surface area contributed by atoms with E-state index in [1.165, 1.54) is 7.11 Å². The van der Waals surface area contributed by atoms with E-state index in [2.05, 4.69) is 10.2 Å². The number of rotatable bonds is 2. The molecule has 15 heavy (non-hydrogen) atoms. The number of hydrogen-bond acceptors (Lipinski definition) is 4. The van der Waals surface area contributed by atoms with Gasteiger partial charge in [0.05, 0.1) is 13.3 Å². The van der Waals surface area contributed by atoms with E-state index in [9.17, 15) is 5.11 Å². The summed E-state index contributed by atoms with van der Waals surface area (Å²) in [5.74, 6) is 0.642. The average Bonchev–Trinajstić information content (AvgIpc) is 2.30. The zero-order chi connectivity index (χ0) is 10.7. The van der Waals surface area contributed by atoms with Gasteiger partial charge in [0, 0.05) is 17.2 Å². The molecule has 1 heterocycles. The highest BCUT2D eigenvalue weighted by Gasteiger charge is 2.05. The summed E-state index contributed by atoms with van der Waals surface area (Å²) in [4.78, 5) is 0. The molecule has 1 N–H and O–H groups in total. The first-order valence-electron chi connectivity index (χ1n) is 4.46. The third-order valence-corrected chi connectivity index (χ3v) is 2.06. The molecule has 0 radical (unpaired) electrons. The Bertz CT molecular complexity index is 472. The smallest absolute Gasteiger partial charge is 0.233 e. The lowest BCUT2D eigenvalue weighted by molar-refractivity contribution is 0.392. The third kappa shape index (κ3) is 1.88. The highest BCUT2D eigenvalue weighted by Crippen LogP contribution is 2.28. The van der Waals surface area contributed by atoms with E-state index in [0.717, 1.165) is 5.56 Å². The van der Waals surface area contributed by atoms with Crippen molar-refractivity contribution >= 4 is 0 Å². The van der Waals surface area contributed by atoms with Gasteiger partial charge in [-0.25, -0.2) is 0 Å². The second-order valence-electron chi connectivity index (χ2n) is 3.00. The number of methoxy groups -OCH3 is 1. The minimum Gasteiger partial charge on any atom is -0.507 e. The largest absolute Gasteiger partial charge is 0.507 e. The summed E-state index contributed by atoms with van der Waals surface area (Å²) < 4.78 is 4.96. The summed E-state index contributed by atoms with van der Waals surface area (Å²) in [5, 5.41) is 17.2. The zero-order valence-electron chi connectivity index (χ0n) is 8.21. The minimum absolute atomic E-state index is 0.215. The number of phenols is 1. The van der Waals surface area contributed by atoms with Crippen LogP contribution in [0.1, 0.15) is 0 Å². The molecule has 0 bridgehead atoms. The second-order valence-corrected chi connectivity index (χ2v) is 3.00. The quantitative estimate of drug-likeness (QED) is 0.807. The molecule has 0 saturated carbocycles. The Kier molecular flexibility index (Phi) is 2.49. The molecular formula is C11H10N2O2. The Morgan fingerprint density at radius 1 is 1.27 bits per heavy atom. The van der Waals surface area contributed by atoms with Crippen LogP contribution in [0.3, 0.4) is 0 Å². The topological polar surface area (TPSA) is 55.2 Å². The molecule has 0 saturated heterocycles. The number of ether oxygens (including phenoxy) is 1. The fraction of sp³-hybridized carbons (Fsp3) is 0.0909. The predicted octanol–water partition coefficient (Wildman–Crippen LogP) is 1.86. The van der Waals surface area contributed by atoms with Gasteiger partial charge in [-0.05, 0) is 6.07 Å².